The van der Waals surface area contributed by atoms with Crippen LogP contribution in [0.3, 0.4) is 0 Å². The van der Waals surface area contributed by atoms with E-state index < -0.39 is 11.6 Å². The first-order chi connectivity index (χ1) is 11.4. The number of aromatic nitrogens is 2. The number of nitrogens with zero attached hydrogens (tertiary/aromatic N) is 3. The molecule has 0 spiro atoms. The molecule has 6 nitrogen and oxygen atoms in total. The molecule has 0 bridgehead atoms. The fraction of sp³-hybridized carbons (Fsp3) is 0.389. The fourth-order valence-electron chi connectivity index (χ4n) is 3.47. The zero-order chi connectivity index (χ0) is 17.1. The van der Waals surface area contributed by atoms with Crippen molar-refractivity contribution in [2.75, 3.05) is 4.90 Å². The number of hydrogen-bond acceptors (Lipinski definition) is 4. The summed E-state index contributed by atoms with van der Waals surface area (Å²) in [5, 5.41) is 0. The van der Waals surface area contributed by atoms with Gasteiger partial charge < -0.3 is 9.64 Å². The number of fused-ring (bicyclic) bond motifs is 6. The monoisotopic (exact) mass is 325 g/mol. The molecule has 1 amide bonds. The van der Waals surface area contributed by atoms with Crippen LogP contribution in [0.1, 0.15) is 55.8 Å². The summed E-state index contributed by atoms with van der Waals surface area (Å²) in [7, 11) is 0. The Morgan fingerprint density at radius 2 is 1.96 bits per heavy atom. The minimum absolute atomic E-state index is 0.0787. The standard InChI is InChI=1S/C18H19N3O3/c1-18(2,3)24-17(23)15-16-13-8-9-14(22)21(13)12-7-5-4-6-11(12)20(16)10-19-15/h4-7,10,13H,8-9H2,1-3H3. The molecule has 2 aromatic rings. The van der Waals surface area contributed by atoms with Crippen LogP contribution in [0.4, 0.5) is 5.69 Å². The number of anilines is 1. The lowest BCUT2D eigenvalue weighted by molar-refractivity contribution is -0.117. The van der Waals surface area contributed by atoms with Crippen LogP contribution in [0.2, 0.25) is 0 Å². The summed E-state index contributed by atoms with van der Waals surface area (Å²) in [6, 6.07) is 7.52. The highest BCUT2D eigenvalue weighted by Gasteiger charge is 2.43. The van der Waals surface area contributed by atoms with Crippen molar-refractivity contribution in [1.29, 1.82) is 0 Å². The summed E-state index contributed by atoms with van der Waals surface area (Å²) in [4.78, 5) is 31.1. The molecule has 2 aliphatic rings. The van der Waals surface area contributed by atoms with Crippen LogP contribution < -0.4 is 4.90 Å². The van der Waals surface area contributed by atoms with Crippen molar-refractivity contribution in [2.24, 2.45) is 0 Å². The summed E-state index contributed by atoms with van der Waals surface area (Å²) >= 11 is 0. The largest absolute Gasteiger partial charge is 0.455 e. The Hall–Kier alpha value is -2.63. The lowest BCUT2D eigenvalue weighted by Crippen LogP contribution is -2.34. The number of esters is 1. The van der Waals surface area contributed by atoms with Gasteiger partial charge in [-0.3, -0.25) is 9.36 Å². The van der Waals surface area contributed by atoms with Crippen LogP contribution in [-0.2, 0) is 9.53 Å². The number of imidazole rings is 1. The van der Waals surface area contributed by atoms with Gasteiger partial charge >= 0.3 is 5.97 Å². The van der Waals surface area contributed by atoms with Crippen molar-refractivity contribution in [3.05, 3.63) is 42.0 Å². The zero-order valence-electron chi connectivity index (χ0n) is 13.9. The topological polar surface area (TPSA) is 64.4 Å². The predicted molar refractivity (Wildman–Crippen MR) is 88.2 cm³/mol. The molecule has 1 atom stereocenters. The molecule has 0 N–H and O–H groups in total. The highest BCUT2D eigenvalue weighted by atomic mass is 16.6. The van der Waals surface area contributed by atoms with Gasteiger partial charge in [0.25, 0.3) is 0 Å². The van der Waals surface area contributed by atoms with Gasteiger partial charge in [0, 0.05) is 6.42 Å². The van der Waals surface area contributed by atoms with Crippen LogP contribution in [-0.4, -0.2) is 27.0 Å². The summed E-state index contributed by atoms with van der Waals surface area (Å²) < 4.78 is 7.40. The van der Waals surface area contributed by atoms with Crippen LogP contribution in [0.15, 0.2) is 30.6 Å². The number of para-hydroxylation sites is 2. The van der Waals surface area contributed by atoms with Crippen molar-refractivity contribution < 1.29 is 14.3 Å². The number of carbonyl (C=O) groups is 2. The smallest absolute Gasteiger partial charge is 0.359 e. The van der Waals surface area contributed by atoms with Gasteiger partial charge in [0.05, 0.1) is 23.1 Å². The average Bonchev–Trinajstić information content (AvgIpc) is 3.10. The Balaban J connectivity index is 1.87. The van der Waals surface area contributed by atoms with Crippen molar-refractivity contribution >= 4 is 17.6 Å². The van der Waals surface area contributed by atoms with E-state index >= 15 is 0 Å². The maximum Gasteiger partial charge on any atom is 0.359 e. The Morgan fingerprint density at radius 1 is 1.25 bits per heavy atom. The van der Waals surface area contributed by atoms with E-state index in [0.717, 1.165) is 17.1 Å². The van der Waals surface area contributed by atoms with E-state index in [9.17, 15) is 9.59 Å². The average molecular weight is 325 g/mol. The molecule has 1 aromatic heterocycles. The van der Waals surface area contributed by atoms with E-state index in [1.54, 1.807) is 11.2 Å². The second-order valence-corrected chi connectivity index (χ2v) is 7.16. The number of rotatable bonds is 1. The lowest BCUT2D eigenvalue weighted by Gasteiger charge is -2.33. The molecule has 0 saturated carbocycles. The van der Waals surface area contributed by atoms with Gasteiger partial charge in [0.2, 0.25) is 5.91 Å². The summed E-state index contributed by atoms with van der Waals surface area (Å²) in [5.74, 6) is -0.370. The number of ether oxygens (including phenoxy) is 1. The van der Waals surface area contributed by atoms with Crippen molar-refractivity contribution in [2.45, 2.75) is 45.3 Å². The van der Waals surface area contributed by atoms with E-state index in [4.69, 9.17) is 4.74 Å². The Kier molecular flexibility index (Phi) is 3.07. The number of benzene rings is 1. The van der Waals surface area contributed by atoms with Crippen LogP contribution in [0.25, 0.3) is 5.69 Å². The molecule has 124 valence electrons. The molecule has 1 fully saturated rings. The van der Waals surface area contributed by atoms with E-state index in [-0.39, 0.29) is 11.9 Å². The van der Waals surface area contributed by atoms with E-state index in [1.165, 1.54) is 0 Å². The maximum absolute atomic E-state index is 12.6. The summed E-state index contributed by atoms with van der Waals surface area (Å²) in [6.45, 7) is 5.48. The predicted octanol–water partition coefficient (Wildman–Crippen LogP) is 3.01. The van der Waals surface area contributed by atoms with Gasteiger partial charge in [-0.2, -0.15) is 0 Å². The van der Waals surface area contributed by atoms with Crippen molar-refractivity contribution in [1.82, 2.24) is 9.55 Å². The highest BCUT2D eigenvalue weighted by Crippen LogP contribution is 2.45. The first kappa shape index (κ1) is 14.9. The van der Waals surface area contributed by atoms with Gasteiger partial charge in [-0.15, -0.1) is 0 Å². The second-order valence-electron chi connectivity index (χ2n) is 7.16. The van der Waals surface area contributed by atoms with Crippen LogP contribution in [0.5, 0.6) is 0 Å². The first-order valence-electron chi connectivity index (χ1n) is 8.09. The molecule has 3 heterocycles. The van der Waals surface area contributed by atoms with Gasteiger partial charge in [-0.25, -0.2) is 9.78 Å². The first-order valence-corrected chi connectivity index (χ1v) is 8.09. The highest BCUT2D eigenvalue weighted by molar-refractivity contribution is 6.00. The quantitative estimate of drug-likeness (QED) is 0.756. The maximum atomic E-state index is 12.6. The fourth-order valence-corrected chi connectivity index (χ4v) is 3.47. The third-order valence-electron chi connectivity index (χ3n) is 4.33. The molecule has 2 aliphatic heterocycles. The number of carbonyl (C=O) groups excluding carboxylic acids is 2. The van der Waals surface area contributed by atoms with Gasteiger partial charge in [0.1, 0.15) is 11.9 Å². The Labute approximate surface area is 140 Å². The normalized spacial score (nSPS) is 18.9. The van der Waals surface area contributed by atoms with Gasteiger partial charge in [-0.1, -0.05) is 12.1 Å². The Morgan fingerprint density at radius 3 is 2.67 bits per heavy atom. The zero-order valence-corrected chi connectivity index (χ0v) is 13.9. The van der Waals surface area contributed by atoms with E-state index in [2.05, 4.69) is 4.98 Å². The second kappa shape index (κ2) is 4.93. The molecule has 0 radical (unpaired) electrons. The van der Waals surface area contributed by atoms with Gasteiger partial charge in [-0.05, 0) is 39.3 Å². The molecule has 24 heavy (non-hydrogen) atoms. The summed E-state index contributed by atoms with van der Waals surface area (Å²) in [6.07, 6.45) is 2.79. The van der Waals surface area contributed by atoms with Crippen LogP contribution >= 0.6 is 0 Å². The molecule has 6 heteroatoms. The SMILES string of the molecule is CC(C)(C)OC(=O)c1ncn2c1C1CCC(=O)N1c1ccccc1-2. The molecule has 1 saturated heterocycles. The lowest BCUT2D eigenvalue weighted by atomic mass is 10.0. The number of amides is 1. The molecule has 1 aromatic carbocycles. The summed E-state index contributed by atoms with van der Waals surface area (Å²) in [5.41, 5.74) is 2.18. The minimum atomic E-state index is -0.592. The van der Waals surface area contributed by atoms with E-state index in [1.807, 2.05) is 49.6 Å². The minimum Gasteiger partial charge on any atom is -0.455 e. The van der Waals surface area contributed by atoms with E-state index in [0.29, 0.717) is 18.5 Å². The van der Waals surface area contributed by atoms with Crippen molar-refractivity contribution in [3.63, 3.8) is 0 Å². The number of hydrogen-bond donors (Lipinski definition) is 0. The molecular formula is C18H19N3O3. The van der Waals surface area contributed by atoms with Crippen LogP contribution in [0, 0.1) is 0 Å². The third-order valence-corrected chi connectivity index (χ3v) is 4.33. The third kappa shape index (κ3) is 2.13. The van der Waals surface area contributed by atoms with Crippen molar-refractivity contribution in [3.8, 4) is 5.69 Å². The van der Waals surface area contributed by atoms with Gasteiger partial charge in [0.15, 0.2) is 5.69 Å². The molecular weight excluding hydrogens is 306 g/mol. The molecule has 0 aliphatic carbocycles. The molecule has 4 rings (SSSR count). The molecule has 1 unspecified atom stereocenters. The Bertz CT molecular complexity index is 847.